The molecule has 0 bridgehead atoms. The third-order valence-electron chi connectivity index (χ3n) is 1.08. The second kappa shape index (κ2) is 4.28. The van der Waals surface area contributed by atoms with Crippen molar-refractivity contribution in [3.63, 3.8) is 0 Å². The van der Waals surface area contributed by atoms with Gasteiger partial charge in [-0.05, 0) is 0 Å². The molecule has 5 heteroatoms. The van der Waals surface area contributed by atoms with Crippen molar-refractivity contribution in [2.24, 2.45) is 0 Å². The van der Waals surface area contributed by atoms with Crippen molar-refractivity contribution in [3.8, 4) is 0 Å². The minimum atomic E-state index is -1.35. The van der Waals surface area contributed by atoms with Gasteiger partial charge in [-0.25, -0.2) is 4.98 Å². The van der Waals surface area contributed by atoms with Gasteiger partial charge in [-0.3, -0.25) is 0 Å². The number of thiazole rings is 1. The Bertz CT molecular complexity index is 222. The van der Waals surface area contributed by atoms with Gasteiger partial charge in [-0.1, -0.05) is 12.1 Å². The molecule has 0 aliphatic rings. The first kappa shape index (κ1) is 8.45. The first-order valence-corrected chi connectivity index (χ1v) is 4.08. The molecule has 0 aliphatic heterocycles. The Hall–Kier alpha value is -0.645. The summed E-state index contributed by atoms with van der Waals surface area (Å²) in [4.78, 5) is 4.02. The topological polar surface area (TPSA) is 53.4 Å². The smallest absolute Gasteiger partial charge is 0.424 e. The zero-order valence-electron chi connectivity index (χ0n) is 5.84. The molecule has 0 aliphatic carbocycles. The largest absolute Gasteiger partial charge is 0.480 e. The van der Waals surface area contributed by atoms with E-state index < -0.39 is 7.12 Å². The van der Waals surface area contributed by atoms with Gasteiger partial charge >= 0.3 is 7.12 Å². The molecule has 3 nitrogen and oxygen atoms in total. The van der Waals surface area contributed by atoms with Crippen LogP contribution in [0.25, 0.3) is 0 Å². The lowest BCUT2D eigenvalue weighted by Crippen LogP contribution is -2.05. The minimum absolute atomic E-state index is 0.662. The minimum Gasteiger partial charge on any atom is -0.424 e. The lowest BCUT2D eigenvalue weighted by Gasteiger charge is -1.86. The highest BCUT2D eigenvalue weighted by molar-refractivity contribution is 7.09. The molecule has 0 atom stereocenters. The quantitative estimate of drug-likeness (QED) is 0.637. The van der Waals surface area contributed by atoms with E-state index in [0.29, 0.717) is 6.42 Å². The van der Waals surface area contributed by atoms with Crippen LogP contribution in [0.3, 0.4) is 0 Å². The first-order chi connectivity index (χ1) is 5.29. The van der Waals surface area contributed by atoms with Gasteiger partial charge in [-0.15, -0.1) is 11.3 Å². The molecule has 0 spiro atoms. The molecule has 0 unspecified atom stereocenters. The molecule has 0 fully saturated rings. The van der Waals surface area contributed by atoms with Crippen molar-refractivity contribution < 1.29 is 10.0 Å². The third kappa shape index (κ3) is 3.32. The van der Waals surface area contributed by atoms with Crippen molar-refractivity contribution in [2.75, 3.05) is 0 Å². The summed E-state index contributed by atoms with van der Waals surface area (Å²) in [6, 6.07) is 0. The van der Waals surface area contributed by atoms with E-state index in [1.807, 2.05) is 5.38 Å². The van der Waals surface area contributed by atoms with E-state index in [2.05, 4.69) is 4.98 Å². The second-order valence-electron chi connectivity index (χ2n) is 1.97. The molecule has 0 aromatic carbocycles. The average molecular weight is 169 g/mol. The molecule has 11 heavy (non-hydrogen) atoms. The Morgan fingerprint density at radius 1 is 1.64 bits per heavy atom. The van der Waals surface area contributed by atoms with E-state index in [-0.39, 0.29) is 0 Å². The van der Waals surface area contributed by atoms with Gasteiger partial charge in [0.25, 0.3) is 0 Å². The van der Waals surface area contributed by atoms with Crippen molar-refractivity contribution in [3.05, 3.63) is 28.6 Å². The predicted molar refractivity (Wildman–Crippen MR) is 45.1 cm³/mol. The molecular weight excluding hydrogens is 161 g/mol. The maximum absolute atomic E-state index is 8.43. The van der Waals surface area contributed by atoms with Gasteiger partial charge in [-0.2, -0.15) is 0 Å². The van der Waals surface area contributed by atoms with Gasteiger partial charge in [0.05, 0.1) is 5.01 Å². The Balaban J connectivity index is 2.34. The second-order valence-corrected chi connectivity index (χ2v) is 2.95. The van der Waals surface area contributed by atoms with Crippen LogP contribution in [0.2, 0.25) is 0 Å². The van der Waals surface area contributed by atoms with Crippen LogP contribution in [0, 0.1) is 0 Å². The van der Waals surface area contributed by atoms with Gasteiger partial charge in [0.2, 0.25) is 0 Å². The summed E-state index contributed by atoms with van der Waals surface area (Å²) in [7, 11) is -1.35. The van der Waals surface area contributed by atoms with E-state index >= 15 is 0 Å². The molecule has 1 aromatic rings. The maximum atomic E-state index is 8.43. The van der Waals surface area contributed by atoms with Crippen molar-refractivity contribution in [2.45, 2.75) is 6.42 Å². The summed E-state index contributed by atoms with van der Waals surface area (Å²) < 4.78 is 0. The zero-order valence-corrected chi connectivity index (χ0v) is 6.66. The fraction of sp³-hybridized carbons (Fsp3) is 0.167. The van der Waals surface area contributed by atoms with Crippen molar-refractivity contribution in [1.29, 1.82) is 0 Å². The summed E-state index contributed by atoms with van der Waals surface area (Å²) in [5, 5.41) is 19.7. The SMILES string of the molecule is OB(O)/C=C/Cc1nccs1. The predicted octanol–water partition coefficient (Wildman–Crippen LogP) is 0.254. The highest BCUT2D eigenvalue weighted by atomic mass is 32.1. The Labute approximate surface area is 69.2 Å². The molecule has 1 rings (SSSR count). The average Bonchev–Trinajstić information content (AvgIpc) is 2.39. The lowest BCUT2D eigenvalue weighted by atomic mass is 9.91. The van der Waals surface area contributed by atoms with E-state index in [4.69, 9.17) is 10.0 Å². The van der Waals surface area contributed by atoms with Gasteiger partial charge in [0.1, 0.15) is 0 Å². The van der Waals surface area contributed by atoms with Crippen molar-refractivity contribution in [1.82, 2.24) is 4.98 Å². The van der Waals surface area contributed by atoms with Crippen LogP contribution in [0.5, 0.6) is 0 Å². The van der Waals surface area contributed by atoms with Gasteiger partial charge in [0, 0.05) is 18.0 Å². The summed E-state index contributed by atoms with van der Waals surface area (Å²) in [5.74, 6) is 1.32. The van der Waals surface area contributed by atoms with E-state index in [1.54, 1.807) is 23.6 Å². The monoisotopic (exact) mass is 169 g/mol. The number of allylic oxidation sites excluding steroid dienone is 1. The highest BCUT2D eigenvalue weighted by Crippen LogP contribution is 2.04. The van der Waals surface area contributed by atoms with Gasteiger partial charge < -0.3 is 10.0 Å². The molecule has 0 saturated heterocycles. The summed E-state index contributed by atoms with van der Waals surface area (Å²) >= 11 is 1.55. The molecule has 1 aromatic heterocycles. The molecule has 0 amide bonds. The summed E-state index contributed by atoms with van der Waals surface area (Å²) in [6.45, 7) is 0. The van der Waals surface area contributed by atoms with Crippen molar-refractivity contribution >= 4 is 18.5 Å². The number of hydrogen-bond acceptors (Lipinski definition) is 4. The lowest BCUT2D eigenvalue weighted by molar-refractivity contribution is 0.424. The molecule has 1 heterocycles. The highest BCUT2D eigenvalue weighted by Gasteiger charge is 1.97. The molecular formula is C6H8BNO2S. The maximum Gasteiger partial charge on any atom is 0.480 e. The number of rotatable bonds is 3. The molecule has 0 saturated carbocycles. The number of aromatic nitrogens is 1. The van der Waals surface area contributed by atoms with Crippen LogP contribution >= 0.6 is 11.3 Å². The van der Waals surface area contributed by atoms with E-state index in [1.165, 1.54) is 5.98 Å². The van der Waals surface area contributed by atoms with Crippen LogP contribution in [0.4, 0.5) is 0 Å². The fourth-order valence-electron chi connectivity index (χ4n) is 0.644. The van der Waals surface area contributed by atoms with Gasteiger partial charge in [0.15, 0.2) is 0 Å². The van der Waals surface area contributed by atoms with E-state index in [0.717, 1.165) is 5.01 Å². The Morgan fingerprint density at radius 2 is 2.45 bits per heavy atom. The standard InChI is InChI=1S/C6H8BNO2S/c9-7(10)3-1-2-6-8-4-5-11-6/h1,3-5,9-10H,2H2/b3-1+. The van der Waals surface area contributed by atoms with Crippen LogP contribution in [0.15, 0.2) is 23.6 Å². The number of nitrogens with zero attached hydrogens (tertiary/aromatic N) is 1. The van der Waals surface area contributed by atoms with Crippen LogP contribution in [-0.4, -0.2) is 22.2 Å². The van der Waals surface area contributed by atoms with Crippen LogP contribution in [0.1, 0.15) is 5.01 Å². The summed E-state index contributed by atoms with van der Waals surface area (Å²) in [6.07, 6.45) is 4.07. The normalized spacial score (nSPS) is 10.7. The zero-order chi connectivity index (χ0) is 8.10. The van der Waals surface area contributed by atoms with Crippen LogP contribution in [-0.2, 0) is 6.42 Å². The Kier molecular flexibility index (Phi) is 3.29. The molecule has 58 valence electrons. The van der Waals surface area contributed by atoms with Crippen LogP contribution < -0.4 is 0 Å². The number of hydrogen-bond donors (Lipinski definition) is 2. The first-order valence-electron chi connectivity index (χ1n) is 3.20. The van der Waals surface area contributed by atoms with E-state index in [9.17, 15) is 0 Å². The third-order valence-corrected chi connectivity index (χ3v) is 1.89. The summed E-state index contributed by atoms with van der Waals surface area (Å²) in [5.41, 5.74) is 0. The molecule has 0 radical (unpaired) electrons. The molecule has 2 N–H and O–H groups in total. The Morgan fingerprint density at radius 3 is 3.00 bits per heavy atom. The fourth-order valence-corrected chi connectivity index (χ4v) is 1.24.